The van der Waals surface area contributed by atoms with E-state index in [0.717, 1.165) is 4.47 Å². The number of esters is 1. The number of rotatable bonds is 4. The molecule has 0 fully saturated rings. The minimum Gasteiger partial charge on any atom is -0.463 e. The van der Waals surface area contributed by atoms with Crippen LogP contribution in [0.15, 0.2) is 50.2 Å². The van der Waals surface area contributed by atoms with Crippen molar-refractivity contribution in [3.05, 3.63) is 52.4 Å². The minimum absolute atomic E-state index is 0.0199. The van der Waals surface area contributed by atoms with Gasteiger partial charge in [0, 0.05) is 4.47 Å². The van der Waals surface area contributed by atoms with Gasteiger partial charge in [0.15, 0.2) is 9.84 Å². The fourth-order valence-electron chi connectivity index (χ4n) is 1.58. The van der Waals surface area contributed by atoms with Gasteiger partial charge >= 0.3 is 5.97 Å². The Bertz CT molecular complexity index is 715. The number of sulfone groups is 1. The summed E-state index contributed by atoms with van der Waals surface area (Å²) in [7, 11) is -2.29. The molecule has 0 saturated heterocycles. The Morgan fingerprint density at radius 2 is 1.85 bits per heavy atom. The molecule has 2 aromatic rings. The second-order valence-electron chi connectivity index (χ2n) is 3.97. The number of hydrogen-bond acceptors (Lipinski definition) is 5. The van der Waals surface area contributed by atoms with E-state index in [2.05, 4.69) is 20.7 Å². The molecule has 7 heteroatoms. The van der Waals surface area contributed by atoms with Crippen LogP contribution in [-0.4, -0.2) is 21.5 Å². The van der Waals surface area contributed by atoms with Crippen LogP contribution < -0.4 is 0 Å². The Balaban J connectivity index is 2.22. The molecule has 20 heavy (non-hydrogen) atoms. The third kappa shape index (κ3) is 3.29. The van der Waals surface area contributed by atoms with E-state index in [1.807, 2.05) is 0 Å². The van der Waals surface area contributed by atoms with Gasteiger partial charge in [0.05, 0.1) is 12.0 Å². The Kier molecular flexibility index (Phi) is 4.29. The first-order valence-electron chi connectivity index (χ1n) is 5.58. The first kappa shape index (κ1) is 14.8. The van der Waals surface area contributed by atoms with E-state index in [0.29, 0.717) is 0 Å². The first-order chi connectivity index (χ1) is 9.42. The minimum atomic E-state index is -3.52. The molecule has 0 aliphatic rings. The monoisotopic (exact) mass is 358 g/mol. The zero-order chi connectivity index (χ0) is 14.8. The van der Waals surface area contributed by atoms with Crippen LogP contribution in [0.1, 0.15) is 16.3 Å². The second-order valence-corrected chi connectivity index (χ2v) is 6.88. The summed E-state index contributed by atoms with van der Waals surface area (Å²) in [5.74, 6) is -0.787. The molecule has 2 rings (SSSR count). The predicted octanol–water partition coefficient (Wildman–Crippen LogP) is 2.80. The van der Waals surface area contributed by atoms with E-state index in [-0.39, 0.29) is 22.2 Å². The molecule has 0 radical (unpaired) electrons. The van der Waals surface area contributed by atoms with Crippen molar-refractivity contribution in [2.75, 3.05) is 7.11 Å². The summed E-state index contributed by atoms with van der Waals surface area (Å²) < 4.78 is 34.8. The average molecular weight is 359 g/mol. The van der Waals surface area contributed by atoms with E-state index in [9.17, 15) is 13.2 Å². The molecule has 1 heterocycles. The van der Waals surface area contributed by atoms with E-state index in [4.69, 9.17) is 4.42 Å². The Morgan fingerprint density at radius 1 is 1.20 bits per heavy atom. The standard InChI is InChI=1S/C13H11BrO5S/c1-18-13(15)12-7-4-10(19-12)8-20(16,17)11-5-2-9(14)3-6-11/h2-7H,8H2,1H3. The van der Waals surface area contributed by atoms with E-state index >= 15 is 0 Å². The van der Waals surface area contributed by atoms with Crippen molar-refractivity contribution < 1.29 is 22.4 Å². The number of furan rings is 1. The maximum absolute atomic E-state index is 12.2. The highest BCUT2D eigenvalue weighted by Crippen LogP contribution is 2.20. The van der Waals surface area contributed by atoms with Crippen LogP contribution in [0.3, 0.4) is 0 Å². The van der Waals surface area contributed by atoms with Crippen LogP contribution in [0.2, 0.25) is 0 Å². The van der Waals surface area contributed by atoms with Gasteiger partial charge in [0.25, 0.3) is 0 Å². The zero-order valence-electron chi connectivity index (χ0n) is 10.5. The van der Waals surface area contributed by atoms with Crippen LogP contribution in [0.4, 0.5) is 0 Å². The summed E-state index contributed by atoms with van der Waals surface area (Å²) in [5.41, 5.74) is 0. The summed E-state index contributed by atoms with van der Waals surface area (Å²) >= 11 is 3.24. The number of benzene rings is 1. The van der Waals surface area contributed by atoms with Crippen molar-refractivity contribution in [1.29, 1.82) is 0 Å². The number of halogens is 1. The van der Waals surface area contributed by atoms with Crippen LogP contribution in [0, 0.1) is 0 Å². The summed E-state index contributed by atoms with van der Waals surface area (Å²) in [6.07, 6.45) is 0. The molecule has 0 atom stereocenters. The highest BCUT2D eigenvalue weighted by molar-refractivity contribution is 9.10. The van der Waals surface area contributed by atoms with E-state index in [1.165, 1.54) is 31.4 Å². The van der Waals surface area contributed by atoms with Crippen molar-refractivity contribution in [3.8, 4) is 0 Å². The SMILES string of the molecule is COC(=O)c1ccc(CS(=O)(=O)c2ccc(Br)cc2)o1. The quantitative estimate of drug-likeness (QED) is 0.785. The first-order valence-corrected chi connectivity index (χ1v) is 8.02. The smallest absolute Gasteiger partial charge is 0.373 e. The molecule has 0 saturated carbocycles. The molecule has 106 valence electrons. The maximum Gasteiger partial charge on any atom is 0.373 e. The van der Waals surface area contributed by atoms with Gasteiger partial charge in [-0.2, -0.15) is 0 Å². The molecule has 0 unspecified atom stereocenters. The van der Waals surface area contributed by atoms with Gasteiger partial charge in [-0.1, -0.05) is 15.9 Å². The third-order valence-electron chi connectivity index (χ3n) is 2.55. The van der Waals surface area contributed by atoms with Crippen molar-refractivity contribution in [3.63, 3.8) is 0 Å². The van der Waals surface area contributed by atoms with E-state index in [1.54, 1.807) is 12.1 Å². The number of ether oxygens (including phenoxy) is 1. The Labute approximate surface area is 124 Å². The summed E-state index contributed by atoms with van der Waals surface area (Å²) in [6.45, 7) is 0. The molecule has 0 spiro atoms. The third-order valence-corrected chi connectivity index (χ3v) is 4.74. The summed E-state index contributed by atoms with van der Waals surface area (Å²) in [6, 6.07) is 9.14. The lowest BCUT2D eigenvalue weighted by atomic mass is 10.4. The Hall–Kier alpha value is -1.60. The fraction of sp³-hybridized carbons (Fsp3) is 0.154. The van der Waals surface area contributed by atoms with Crippen molar-refractivity contribution in [2.45, 2.75) is 10.6 Å². The molecule has 1 aromatic carbocycles. The Morgan fingerprint density at radius 3 is 2.45 bits per heavy atom. The molecular weight excluding hydrogens is 348 g/mol. The lowest BCUT2D eigenvalue weighted by Crippen LogP contribution is -2.04. The van der Waals surface area contributed by atoms with Gasteiger partial charge in [-0.3, -0.25) is 0 Å². The number of carbonyl (C=O) groups is 1. The normalized spacial score (nSPS) is 11.3. The lowest BCUT2D eigenvalue weighted by molar-refractivity contribution is 0.0563. The largest absolute Gasteiger partial charge is 0.463 e. The summed E-state index contributed by atoms with van der Waals surface area (Å²) in [4.78, 5) is 11.4. The second kappa shape index (κ2) is 5.80. The van der Waals surface area contributed by atoms with Crippen LogP contribution in [-0.2, 0) is 20.3 Å². The summed E-state index contributed by atoms with van der Waals surface area (Å²) in [5, 5.41) is 0. The molecule has 0 N–H and O–H groups in total. The molecule has 1 aromatic heterocycles. The van der Waals surface area contributed by atoms with Crippen molar-refractivity contribution in [1.82, 2.24) is 0 Å². The number of methoxy groups -OCH3 is 1. The van der Waals surface area contributed by atoms with E-state index < -0.39 is 15.8 Å². The topological polar surface area (TPSA) is 73.6 Å². The fourth-order valence-corrected chi connectivity index (χ4v) is 3.09. The molecular formula is C13H11BrO5S. The van der Waals surface area contributed by atoms with Crippen LogP contribution >= 0.6 is 15.9 Å². The maximum atomic E-state index is 12.2. The van der Waals surface area contributed by atoms with Gasteiger partial charge in [-0.05, 0) is 36.4 Å². The molecule has 0 aliphatic carbocycles. The molecule has 0 aliphatic heterocycles. The molecule has 0 amide bonds. The van der Waals surface area contributed by atoms with Crippen LogP contribution in [0.25, 0.3) is 0 Å². The molecule has 5 nitrogen and oxygen atoms in total. The van der Waals surface area contributed by atoms with Gasteiger partial charge < -0.3 is 9.15 Å². The highest BCUT2D eigenvalue weighted by atomic mass is 79.9. The van der Waals surface area contributed by atoms with Crippen LogP contribution in [0.5, 0.6) is 0 Å². The predicted molar refractivity (Wildman–Crippen MR) is 75.1 cm³/mol. The van der Waals surface area contributed by atoms with Gasteiger partial charge in [-0.15, -0.1) is 0 Å². The number of carbonyl (C=O) groups excluding carboxylic acids is 1. The average Bonchev–Trinajstić information content (AvgIpc) is 2.86. The number of hydrogen-bond donors (Lipinski definition) is 0. The van der Waals surface area contributed by atoms with Crippen molar-refractivity contribution in [2.24, 2.45) is 0 Å². The zero-order valence-corrected chi connectivity index (χ0v) is 12.9. The lowest BCUT2D eigenvalue weighted by Gasteiger charge is -2.02. The highest BCUT2D eigenvalue weighted by Gasteiger charge is 2.19. The van der Waals surface area contributed by atoms with Gasteiger partial charge in [-0.25, -0.2) is 13.2 Å². The van der Waals surface area contributed by atoms with Gasteiger partial charge in [0.1, 0.15) is 11.5 Å². The van der Waals surface area contributed by atoms with Crippen molar-refractivity contribution >= 4 is 31.7 Å². The van der Waals surface area contributed by atoms with Gasteiger partial charge in [0.2, 0.25) is 5.76 Å². The molecule has 0 bridgehead atoms.